The number of fused-ring (bicyclic) bond motifs is 2. The van der Waals surface area contributed by atoms with Crippen LogP contribution in [0.3, 0.4) is 0 Å². The lowest BCUT2D eigenvalue weighted by molar-refractivity contribution is -0.137. The fourth-order valence-corrected chi connectivity index (χ4v) is 5.86. The van der Waals surface area contributed by atoms with E-state index in [1.54, 1.807) is 36.4 Å². The van der Waals surface area contributed by atoms with Crippen LogP contribution in [0, 0.1) is 0 Å². The van der Waals surface area contributed by atoms with Gasteiger partial charge in [-0.25, -0.2) is 12.7 Å². The predicted molar refractivity (Wildman–Crippen MR) is 112 cm³/mol. The van der Waals surface area contributed by atoms with Crippen molar-refractivity contribution >= 4 is 21.3 Å². The summed E-state index contributed by atoms with van der Waals surface area (Å²) in [6.07, 6.45) is -4.73. The van der Waals surface area contributed by atoms with Crippen molar-refractivity contribution in [3.8, 4) is 11.5 Å². The van der Waals surface area contributed by atoms with Gasteiger partial charge < -0.3 is 9.47 Å². The van der Waals surface area contributed by atoms with Gasteiger partial charge in [0.05, 0.1) is 16.1 Å². The molecule has 32 heavy (non-hydrogen) atoms. The molecule has 0 spiro atoms. The van der Waals surface area contributed by atoms with E-state index in [-0.39, 0.29) is 17.4 Å². The fourth-order valence-electron chi connectivity index (χ4n) is 4.09. The van der Waals surface area contributed by atoms with Crippen LogP contribution in [0.1, 0.15) is 23.6 Å². The summed E-state index contributed by atoms with van der Waals surface area (Å²) in [6.45, 7) is 1.56. The van der Waals surface area contributed by atoms with E-state index in [1.165, 1.54) is 25.1 Å². The van der Waals surface area contributed by atoms with Gasteiger partial charge in [0.25, 0.3) is 10.0 Å². The Bertz CT molecular complexity index is 1380. The maximum absolute atomic E-state index is 13.8. The van der Waals surface area contributed by atoms with Gasteiger partial charge in [0.1, 0.15) is 0 Å². The molecule has 0 bridgehead atoms. The number of hydrogen-bond donors (Lipinski definition) is 0. The van der Waals surface area contributed by atoms with Crippen molar-refractivity contribution in [2.45, 2.75) is 18.0 Å². The molecule has 5 nitrogen and oxygen atoms in total. The third-order valence-electron chi connectivity index (χ3n) is 5.43. The molecule has 164 valence electrons. The minimum atomic E-state index is -4.73. The molecule has 2 aliphatic heterocycles. The SMILES string of the molecule is CC1=C(c2ccc3c(c2)OCO3)c2ccccc2S(=O)(=O)N1c1ccccc1C(F)(F)F. The van der Waals surface area contributed by atoms with E-state index in [0.717, 1.165) is 16.4 Å². The molecule has 0 saturated carbocycles. The first-order valence-electron chi connectivity index (χ1n) is 9.61. The largest absolute Gasteiger partial charge is 0.454 e. The van der Waals surface area contributed by atoms with Gasteiger partial charge >= 0.3 is 6.18 Å². The first kappa shape index (κ1) is 20.4. The van der Waals surface area contributed by atoms with Crippen molar-refractivity contribution < 1.29 is 31.1 Å². The second kappa shape index (κ2) is 7.03. The van der Waals surface area contributed by atoms with Crippen molar-refractivity contribution in [2.75, 3.05) is 11.1 Å². The Balaban J connectivity index is 1.82. The Kier molecular flexibility index (Phi) is 4.49. The van der Waals surface area contributed by atoms with Gasteiger partial charge in [-0.05, 0) is 42.8 Å². The molecule has 9 heteroatoms. The lowest BCUT2D eigenvalue weighted by atomic mass is 9.95. The van der Waals surface area contributed by atoms with E-state index in [4.69, 9.17) is 9.47 Å². The van der Waals surface area contributed by atoms with Crippen molar-refractivity contribution in [3.05, 3.63) is 89.1 Å². The van der Waals surface area contributed by atoms with Crippen molar-refractivity contribution in [3.63, 3.8) is 0 Å². The summed E-state index contributed by atoms with van der Waals surface area (Å²) in [6, 6.07) is 16.0. The van der Waals surface area contributed by atoms with E-state index in [0.29, 0.717) is 28.2 Å². The highest BCUT2D eigenvalue weighted by molar-refractivity contribution is 7.93. The van der Waals surface area contributed by atoms with Crippen LogP contribution < -0.4 is 13.8 Å². The zero-order chi connectivity index (χ0) is 22.7. The topological polar surface area (TPSA) is 55.8 Å². The number of rotatable bonds is 2. The number of sulfonamides is 1. The molecule has 0 atom stereocenters. The van der Waals surface area contributed by atoms with E-state index in [9.17, 15) is 21.6 Å². The zero-order valence-electron chi connectivity index (χ0n) is 16.7. The van der Waals surface area contributed by atoms with E-state index >= 15 is 0 Å². The Morgan fingerprint density at radius 3 is 2.38 bits per heavy atom. The number of nitrogens with zero attached hydrogens (tertiary/aromatic N) is 1. The number of hydrogen-bond acceptors (Lipinski definition) is 4. The Hall–Kier alpha value is -3.46. The van der Waals surface area contributed by atoms with E-state index < -0.39 is 27.5 Å². The third kappa shape index (κ3) is 3.03. The Morgan fingerprint density at radius 1 is 0.906 bits per heavy atom. The second-order valence-electron chi connectivity index (χ2n) is 7.31. The number of halogens is 3. The Morgan fingerprint density at radius 2 is 1.59 bits per heavy atom. The van der Waals surface area contributed by atoms with Crippen LogP contribution in [0.2, 0.25) is 0 Å². The number of para-hydroxylation sites is 1. The molecule has 2 aliphatic rings. The highest BCUT2D eigenvalue weighted by atomic mass is 32.2. The van der Waals surface area contributed by atoms with Gasteiger partial charge in [-0.3, -0.25) is 0 Å². The highest BCUT2D eigenvalue weighted by Crippen LogP contribution is 2.47. The van der Waals surface area contributed by atoms with Crippen LogP contribution in [0.15, 0.2) is 77.3 Å². The number of alkyl halides is 3. The highest BCUT2D eigenvalue weighted by Gasteiger charge is 2.42. The summed E-state index contributed by atoms with van der Waals surface area (Å²) in [5, 5.41) is 0. The van der Waals surface area contributed by atoms with E-state index in [1.807, 2.05) is 0 Å². The molecule has 3 aromatic carbocycles. The number of benzene rings is 3. The summed E-state index contributed by atoms with van der Waals surface area (Å²) in [5.74, 6) is 1.03. The van der Waals surface area contributed by atoms with Crippen LogP contribution in [0.4, 0.5) is 18.9 Å². The lowest BCUT2D eigenvalue weighted by Gasteiger charge is -2.34. The third-order valence-corrected chi connectivity index (χ3v) is 7.29. The minimum Gasteiger partial charge on any atom is -0.454 e. The number of ether oxygens (including phenoxy) is 2. The standard InChI is InChI=1S/C23H16F3NO4S/c1-14-22(15-10-11-19-20(12-15)31-13-30-19)16-6-2-5-9-21(16)32(28,29)27(14)18-8-4-3-7-17(18)23(24,25)26/h2-12H,13H2,1H3. The minimum absolute atomic E-state index is 0.0624. The molecule has 0 radical (unpaired) electrons. The number of anilines is 1. The van der Waals surface area contributed by atoms with Gasteiger partial charge in [0.15, 0.2) is 11.5 Å². The number of allylic oxidation sites excluding steroid dienone is 1. The van der Waals surface area contributed by atoms with Crippen LogP contribution in [0.25, 0.3) is 5.57 Å². The van der Waals surface area contributed by atoms with Gasteiger partial charge in [0.2, 0.25) is 6.79 Å². The van der Waals surface area contributed by atoms with Crippen molar-refractivity contribution in [1.29, 1.82) is 0 Å². The predicted octanol–water partition coefficient (Wildman–Crippen LogP) is 5.42. The second-order valence-corrected chi connectivity index (χ2v) is 9.06. The molecule has 0 N–H and O–H groups in total. The lowest BCUT2D eigenvalue weighted by Crippen LogP contribution is -2.35. The molecule has 0 aliphatic carbocycles. The van der Waals surface area contributed by atoms with Crippen molar-refractivity contribution in [2.24, 2.45) is 0 Å². The van der Waals surface area contributed by atoms with Gasteiger partial charge in [-0.2, -0.15) is 13.2 Å². The molecule has 3 aromatic rings. The quantitative estimate of drug-likeness (QED) is 0.513. The van der Waals surface area contributed by atoms with Crippen LogP contribution in [-0.4, -0.2) is 15.2 Å². The zero-order valence-corrected chi connectivity index (χ0v) is 17.5. The molecule has 2 heterocycles. The average Bonchev–Trinajstić information content (AvgIpc) is 3.21. The molecule has 0 saturated heterocycles. The monoisotopic (exact) mass is 459 g/mol. The summed E-state index contributed by atoms with van der Waals surface area (Å²) in [5.41, 5.74) is 0.163. The molecule has 5 rings (SSSR count). The van der Waals surface area contributed by atoms with Gasteiger partial charge in [0, 0.05) is 16.8 Å². The molecular weight excluding hydrogens is 443 g/mol. The normalized spacial score (nSPS) is 16.8. The van der Waals surface area contributed by atoms with Gasteiger partial charge in [-0.1, -0.05) is 36.4 Å². The molecule has 0 unspecified atom stereocenters. The van der Waals surface area contributed by atoms with Crippen LogP contribution in [0.5, 0.6) is 11.5 Å². The summed E-state index contributed by atoms with van der Waals surface area (Å²) in [7, 11) is -4.30. The molecular formula is C23H16F3NO4S. The van der Waals surface area contributed by atoms with Crippen LogP contribution >= 0.6 is 0 Å². The first-order chi connectivity index (χ1) is 15.2. The fraction of sp³-hybridized carbons (Fsp3) is 0.130. The maximum Gasteiger partial charge on any atom is 0.418 e. The summed E-state index contributed by atoms with van der Waals surface area (Å²) in [4.78, 5) is -0.0738. The molecule has 0 amide bonds. The van der Waals surface area contributed by atoms with E-state index in [2.05, 4.69) is 0 Å². The molecule has 0 fully saturated rings. The summed E-state index contributed by atoms with van der Waals surface area (Å²) >= 11 is 0. The molecule has 0 aromatic heterocycles. The maximum atomic E-state index is 13.8. The first-order valence-corrected chi connectivity index (χ1v) is 11.1. The average molecular weight is 459 g/mol. The smallest absolute Gasteiger partial charge is 0.418 e. The summed E-state index contributed by atoms with van der Waals surface area (Å²) < 4.78 is 80.0. The van der Waals surface area contributed by atoms with Crippen LogP contribution in [-0.2, 0) is 16.2 Å². The Labute approximate surface area is 182 Å². The van der Waals surface area contributed by atoms with Gasteiger partial charge in [-0.15, -0.1) is 0 Å². The van der Waals surface area contributed by atoms with Crippen molar-refractivity contribution in [1.82, 2.24) is 0 Å².